The van der Waals surface area contributed by atoms with Crippen molar-refractivity contribution in [2.75, 3.05) is 31.4 Å². The first kappa shape index (κ1) is 27.9. The Labute approximate surface area is 242 Å². The lowest BCUT2D eigenvalue weighted by atomic mass is 9.89. The summed E-state index contributed by atoms with van der Waals surface area (Å²) in [6.45, 7) is 0. The van der Waals surface area contributed by atoms with Gasteiger partial charge in [-0.1, -0.05) is 35.6 Å². The summed E-state index contributed by atoms with van der Waals surface area (Å²) in [5, 5.41) is 19.1. The lowest BCUT2D eigenvalue weighted by Gasteiger charge is -2.22. The van der Waals surface area contributed by atoms with E-state index in [1.165, 1.54) is 23.5 Å². The van der Waals surface area contributed by atoms with Crippen molar-refractivity contribution >= 4 is 44.1 Å². The molecule has 1 aliphatic heterocycles. The molecule has 0 fully saturated rings. The first-order valence-electron chi connectivity index (χ1n) is 12.3. The van der Waals surface area contributed by atoms with Crippen molar-refractivity contribution in [2.45, 2.75) is 10.8 Å². The lowest BCUT2D eigenvalue weighted by Crippen LogP contribution is -2.14. The van der Waals surface area contributed by atoms with Crippen LogP contribution in [0, 0.1) is 11.3 Å². The lowest BCUT2D eigenvalue weighted by molar-refractivity contribution is 0.384. The van der Waals surface area contributed by atoms with Crippen molar-refractivity contribution in [1.29, 1.82) is 5.26 Å². The van der Waals surface area contributed by atoms with Gasteiger partial charge in [0.1, 0.15) is 17.4 Å². The number of methoxy groups -OCH3 is 1. The molecule has 1 atom stereocenters. The van der Waals surface area contributed by atoms with E-state index in [0.717, 1.165) is 21.7 Å². The zero-order valence-corrected chi connectivity index (χ0v) is 24.0. The molecule has 208 valence electrons. The molecular weight excluding hydrogens is 560 g/mol. The van der Waals surface area contributed by atoms with Gasteiger partial charge in [-0.05, 0) is 59.7 Å². The van der Waals surface area contributed by atoms with Crippen molar-refractivity contribution in [3.63, 3.8) is 0 Å². The van der Waals surface area contributed by atoms with E-state index in [2.05, 4.69) is 21.4 Å². The van der Waals surface area contributed by atoms with Gasteiger partial charge in [-0.2, -0.15) is 10.2 Å². The second-order valence-corrected chi connectivity index (χ2v) is 11.9. The molecule has 0 radical (unpaired) electrons. The SMILES string of the molecule is COc1ccc(C2C(C#N)=C(/N=C/c3ccc(N(C)C)cc3)Oc3nc(Nc4ccc(S(N)(=O)=O)cc4)sc32)cc1. The number of nitrogens with one attached hydrogen (secondary N) is 1. The highest BCUT2D eigenvalue weighted by atomic mass is 32.2. The van der Waals surface area contributed by atoms with Crippen LogP contribution in [0.2, 0.25) is 0 Å². The van der Waals surface area contributed by atoms with Crippen molar-refractivity contribution in [3.8, 4) is 17.7 Å². The number of benzene rings is 3. The molecule has 1 aliphatic rings. The summed E-state index contributed by atoms with van der Waals surface area (Å²) < 4.78 is 34.6. The van der Waals surface area contributed by atoms with E-state index in [4.69, 9.17) is 14.6 Å². The second kappa shape index (κ2) is 11.4. The molecule has 10 nitrogen and oxygen atoms in total. The van der Waals surface area contributed by atoms with Gasteiger partial charge in [0.2, 0.25) is 21.8 Å². The number of aromatic nitrogens is 1. The van der Waals surface area contributed by atoms with Crippen LogP contribution in [0.15, 0.2) is 94.1 Å². The number of rotatable bonds is 8. The molecule has 0 bridgehead atoms. The number of sulfonamides is 1. The molecule has 41 heavy (non-hydrogen) atoms. The number of fused-ring (bicyclic) bond motifs is 1. The van der Waals surface area contributed by atoms with Gasteiger partial charge in [-0.3, -0.25) is 0 Å². The summed E-state index contributed by atoms with van der Waals surface area (Å²) in [7, 11) is 1.73. The fraction of sp³-hybridized carbons (Fsp3) is 0.138. The molecule has 1 unspecified atom stereocenters. The maximum atomic E-state index is 11.6. The number of hydrogen-bond donors (Lipinski definition) is 2. The number of hydrogen-bond acceptors (Lipinski definition) is 10. The van der Waals surface area contributed by atoms with Crippen LogP contribution in [0.5, 0.6) is 11.6 Å². The summed E-state index contributed by atoms with van der Waals surface area (Å²) in [6, 6.07) is 23.6. The fourth-order valence-corrected chi connectivity index (χ4v) is 5.76. The van der Waals surface area contributed by atoms with Gasteiger partial charge in [-0.15, -0.1) is 0 Å². The van der Waals surface area contributed by atoms with Crippen LogP contribution in [0.1, 0.15) is 21.9 Å². The van der Waals surface area contributed by atoms with E-state index in [9.17, 15) is 13.7 Å². The Morgan fingerprint density at radius 2 is 1.78 bits per heavy atom. The number of aliphatic imine (C=N–C) groups is 1. The van der Waals surface area contributed by atoms with Gasteiger partial charge in [0.25, 0.3) is 0 Å². The van der Waals surface area contributed by atoms with Gasteiger partial charge in [-0.25, -0.2) is 18.5 Å². The average molecular weight is 587 g/mol. The highest BCUT2D eigenvalue weighted by Crippen LogP contribution is 2.48. The molecule has 2 heterocycles. The van der Waals surface area contributed by atoms with Crippen molar-refractivity contribution in [3.05, 3.63) is 100 Å². The van der Waals surface area contributed by atoms with E-state index in [1.54, 1.807) is 25.5 Å². The standard InChI is InChI=1S/C29H26N6O4S2/c1-35(2)21-10-4-18(5-11-21)17-32-27-24(16-30)25(19-6-12-22(38-3)13-7-19)26-28(39-27)34-29(40-26)33-20-8-14-23(15-9-20)41(31,36)37/h4-15,17,25H,1-3H3,(H,33,34)(H2,31,36,37)/b32-17+. The highest BCUT2D eigenvalue weighted by Gasteiger charge is 2.35. The Morgan fingerprint density at radius 1 is 1.10 bits per heavy atom. The minimum absolute atomic E-state index is 0.00565. The molecular formula is C29H26N6O4S2. The molecule has 1 aromatic heterocycles. The Bertz CT molecular complexity index is 1770. The molecule has 0 saturated heterocycles. The average Bonchev–Trinajstić information content (AvgIpc) is 3.37. The summed E-state index contributed by atoms with van der Waals surface area (Å²) in [4.78, 5) is 11.9. The molecule has 3 N–H and O–H groups in total. The zero-order valence-electron chi connectivity index (χ0n) is 22.4. The van der Waals surface area contributed by atoms with Gasteiger partial charge in [0.15, 0.2) is 5.13 Å². The van der Waals surface area contributed by atoms with Gasteiger partial charge in [0.05, 0.1) is 22.8 Å². The highest BCUT2D eigenvalue weighted by molar-refractivity contribution is 7.89. The third-order valence-electron chi connectivity index (χ3n) is 6.34. The molecule has 0 spiro atoms. The molecule has 12 heteroatoms. The zero-order chi connectivity index (χ0) is 29.1. The minimum Gasteiger partial charge on any atom is -0.497 e. The summed E-state index contributed by atoms with van der Waals surface area (Å²) in [5.41, 5.74) is 3.70. The second-order valence-electron chi connectivity index (χ2n) is 9.27. The molecule has 4 aromatic rings. The number of ether oxygens (including phenoxy) is 2. The van der Waals surface area contributed by atoms with E-state index >= 15 is 0 Å². The molecule has 0 saturated carbocycles. The number of allylic oxidation sites excluding steroid dienone is 1. The third-order valence-corrected chi connectivity index (χ3v) is 8.29. The molecule has 0 aliphatic carbocycles. The molecule has 5 rings (SSSR count). The summed E-state index contributed by atoms with van der Waals surface area (Å²) in [5.74, 6) is 0.703. The number of primary sulfonamides is 1. The quantitative estimate of drug-likeness (QED) is 0.275. The monoisotopic (exact) mass is 586 g/mol. The number of anilines is 3. The predicted molar refractivity (Wildman–Crippen MR) is 160 cm³/mol. The van der Waals surface area contributed by atoms with Gasteiger partial charge < -0.3 is 19.7 Å². The maximum absolute atomic E-state index is 11.6. The van der Waals surface area contributed by atoms with E-state index in [1.807, 2.05) is 67.5 Å². The van der Waals surface area contributed by atoms with Gasteiger partial charge in [0, 0.05) is 31.7 Å². The van der Waals surface area contributed by atoms with Crippen LogP contribution in [0.25, 0.3) is 0 Å². The van der Waals surface area contributed by atoms with Crippen LogP contribution in [0.3, 0.4) is 0 Å². The predicted octanol–water partition coefficient (Wildman–Crippen LogP) is 4.99. The number of nitriles is 1. The van der Waals surface area contributed by atoms with E-state index in [-0.39, 0.29) is 10.8 Å². The van der Waals surface area contributed by atoms with E-state index < -0.39 is 15.9 Å². The Morgan fingerprint density at radius 3 is 2.37 bits per heavy atom. The maximum Gasteiger partial charge on any atom is 0.238 e. The smallest absolute Gasteiger partial charge is 0.238 e. The first-order chi connectivity index (χ1) is 19.7. The number of nitrogens with zero attached hydrogens (tertiary/aromatic N) is 4. The van der Waals surface area contributed by atoms with Crippen molar-refractivity contribution in [1.82, 2.24) is 4.98 Å². The number of nitrogens with two attached hydrogens (primary N) is 1. The van der Waals surface area contributed by atoms with Crippen LogP contribution < -0.4 is 24.8 Å². The van der Waals surface area contributed by atoms with Gasteiger partial charge >= 0.3 is 0 Å². The minimum atomic E-state index is -3.81. The van der Waals surface area contributed by atoms with Crippen LogP contribution in [-0.4, -0.2) is 40.8 Å². The third kappa shape index (κ3) is 6.07. The summed E-state index contributed by atoms with van der Waals surface area (Å²) in [6.07, 6.45) is 1.65. The Hall–Kier alpha value is -4.70. The first-order valence-corrected chi connectivity index (χ1v) is 14.7. The number of thiazole rings is 1. The van der Waals surface area contributed by atoms with Crippen LogP contribution in [-0.2, 0) is 10.0 Å². The largest absolute Gasteiger partial charge is 0.497 e. The van der Waals surface area contributed by atoms with Crippen molar-refractivity contribution in [2.24, 2.45) is 10.1 Å². The Kier molecular flexibility index (Phi) is 7.76. The van der Waals surface area contributed by atoms with Crippen molar-refractivity contribution < 1.29 is 17.9 Å². The van der Waals surface area contributed by atoms with E-state index in [0.29, 0.717) is 28.0 Å². The summed E-state index contributed by atoms with van der Waals surface area (Å²) >= 11 is 1.33. The Balaban J connectivity index is 1.51. The van der Waals surface area contributed by atoms with Crippen LogP contribution in [0.4, 0.5) is 16.5 Å². The molecule has 0 amide bonds. The normalized spacial score (nSPS) is 14.8. The molecule has 3 aromatic carbocycles. The fourth-order valence-electron chi connectivity index (χ4n) is 4.19. The van der Waals surface area contributed by atoms with Crippen LogP contribution >= 0.6 is 11.3 Å². The topological polar surface area (TPSA) is 143 Å².